The van der Waals surface area contributed by atoms with Gasteiger partial charge >= 0.3 is 6.18 Å². The third-order valence-corrected chi connectivity index (χ3v) is 7.45. The molecule has 1 aromatic heterocycles. The van der Waals surface area contributed by atoms with Crippen LogP contribution in [-0.4, -0.2) is 40.1 Å². The van der Waals surface area contributed by atoms with E-state index in [1.54, 1.807) is 62.0 Å². The molecule has 0 spiro atoms. The number of aryl methyl sites for hydroxylation is 1. The lowest BCUT2D eigenvalue weighted by atomic mass is 9.72. The van der Waals surface area contributed by atoms with Crippen LogP contribution in [-0.2, 0) is 23.7 Å². The minimum Gasteiger partial charge on any atom is -0.456 e. The van der Waals surface area contributed by atoms with Crippen molar-refractivity contribution in [3.8, 4) is 17.6 Å². The van der Waals surface area contributed by atoms with Gasteiger partial charge in [0.2, 0.25) is 5.91 Å². The zero-order valence-electron chi connectivity index (χ0n) is 22.0. The number of carbonyl (C=O) groups is 1. The number of likely N-dealkylation sites (tertiary alicyclic amines) is 1. The zero-order chi connectivity index (χ0) is 28.2. The number of aromatic nitrogens is 2. The first-order valence-electron chi connectivity index (χ1n) is 12.9. The van der Waals surface area contributed by atoms with E-state index in [2.05, 4.69) is 11.1 Å². The van der Waals surface area contributed by atoms with Gasteiger partial charge in [0.15, 0.2) is 0 Å². The smallest absolute Gasteiger partial charge is 0.389 e. The Hall–Kier alpha value is -3.84. The second kappa shape index (κ2) is 11.5. The van der Waals surface area contributed by atoms with E-state index in [1.807, 2.05) is 11.6 Å². The molecule has 4 rings (SSSR count). The highest BCUT2D eigenvalue weighted by molar-refractivity contribution is 5.88. The van der Waals surface area contributed by atoms with Gasteiger partial charge in [0.05, 0.1) is 17.3 Å². The van der Waals surface area contributed by atoms with Gasteiger partial charge in [-0.05, 0) is 54.7 Å². The highest BCUT2D eigenvalue weighted by Crippen LogP contribution is 2.42. The van der Waals surface area contributed by atoms with Gasteiger partial charge in [0.1, 0.15) is 17.6 Å². The van der Waals surface area contributed by atoms with Crippen molar-refractivity contribution in [2.75, 3.05) is 13.6 Å². The number of ether oxygens (including phenoxy) is 1. The molecule has 2 heterocycles. The van der Waals surface area contributed by atoms with Crippen LogP contribution in [0, 0.1) is 11.3 Å². The Labute approximate surface area is 226 Å². The predicted octanol–water partition coefficient (Wildman–Crippen LogP) is 5.55. The summed E-state index contributed by atoms with van der Waals surface area (Å²) in [5.41, 5.74) is 7.60. The number of rotatable bonds is 8. The van der Waals surface area contributed by atoms with E-state index in [-0.39, 0.29) is 29.7 Å². The SMILES string of the molecule is CN1CCCC[C@](CCC(F)(F)F)(c2cccc(Oc3cc([C@@H](N)Cc4cncn4C)ccc3C#N)c2)C1=O. The maximum atomic E-state index is 13.5. The van der Waals surface area contributed by atoms with E-state index in [0.717, 1.165) is 17.7 Å². The highest BCUT2D eigenvalue weighted by atomic mass is 19.4. The van der Waals surface area contributed by atoms with Crippen LogP contribution in [0.3, 0.4) is 0 Å². The lowest BCUT2D eigenvalue weighted by molar-refractivity contribution is -0.146. The van der Waals surface area contributed by atoms with Gasteiger partial charge in [-0.2, -0.15) is 18.4 Å². The van der Waals surface area contributed by atoms with Crippen molar-refractivity contribution < 1.29 is 22.7 Å². The first-order valence-corrected chi connectivity index (χ1v) is 12.9. The van der Waals surface area contributed by atoms with Crippen molar-refractivity contribution in [3.05, 3.63) is 77.4 Å². The zero-order valence-corrected chi connectivity index (χ0v) is 22.0. The Morgan fingerprint density at radius 3 is 2.69 bits per heavy atom. The van der Waals surface area contributed by atoms with Crippen molar-refractivity contribution in [3.63, 3.8) is 0 Å². The summed E-state index contributed by atoms with van der Waals surface area (Å²) >= 11 is 0. The number of alkyl halides is 3. The number of nitrogens with zero attached hydrogens (tertiary/aromatic N) is 4. The number of hydrogen-bond donors (Lipinski definition) is 1. The van der Waals surface area contributed by atoms with Gasteiger partial charge in [-0.15, -0.1) is 0 Å². The maximum Gasteiger partial charge on any atom is 0.389 e. The average molecular weight is 540 g/mol. The number of nitrogens with two attached hydrogens (primary N) is 1. The van der Waals surface area contributed by atoms with Crippen molar-refractivity contribution in [2.24, 2.45) is 12.8 Å². The Morgan fingerprint density at radius 1 is 1.21 bits per heavy atom. The number of carbonyl (C=O) groups excluding carboxylic acids is 1. The van der Waals surface area contributed by atoms with Gasteiger partial charge in [-0.1, -0.05) is 24.6 Å². The second-order valence-corrected chi connectivity index (χ2v) is 10.2. The molecule has 1 aliphatic heterocycles. The van der Waals surface area contributed by atoms with Crippen LogP contribution < -0.4 is 10.5 Å². The molecular weight excluding hydrogens is 507 g/mol. The van der Waals surface area contributed by atoms with E-state index < -0.39 is 18.0 Å². The molecule has 39 heavy (non-hydrogen) atoms. The van der Waals surface area contributed by atoms with E-state index in [1.165, 1.54) is 4.90 Å². The molecule has 1 saturated heterocycles. The molecule has 7 nitrogen and oxygen atoms in total. The van der Waals surface area contributed by atoms with Crippen LogP contribution in [0.15, 0.2) is 55.0 Å². The molecule has 0 bridgehead atoms. The quantitative estimate of drug-likeness (QED) is 0.405. The first-order chi connectivity index (χ1) is 18.5. The molecule has 0 radical (unpaired) electrons. The number of hydrogen-bond acceptors (Lipinski definition) is 5. The van der Waals surface area contributed by atoms with Gasteiger partial charge in [-0.25, -0.2) is 4.98 Å². The lowest BCUT2D eigenvalue weighted by Crippen LogP contribution is -2.44. The predicted molar refractivity (Wildman–Crippen MR) is 140 cm³/mol. The normalized spacial score (nSPS) is 18.9. The summed E-state index contributed by atoms with van der Waals surface area (Å²) in [5.74, 6) is 0.288. The summed E-state index contributed by atoms with van der Waals surface area (Å²) in [6, 6.07) is 13.5. The van der Waals surface area contributed by atoms with Crippen molar-refractivity contribution in [2.45, 2.75) is 56.2 Å². The second-order valence-electron chi connectivity index (χ2n) is 10.2. The van der Waals surface area contributed by atoms with Crippen molar-refractivity contribution in [1.82, 2.24) is 14.5 Å². The monoisotopic (exact) mass is 539 g/mol. The Morgan fingerprint density at radius 2 is 2.00 bits per heavy atom. The number of halogens is 3. The Bertz CT molecular complexity index is 1360. The number of nitriles is 1. The molecular formula is C29H32F3N5O2. The standard InChI is InChI=1S/C29H32F3N5O2/c1-36-13-4-3-10-28(27(36)38,11-12-29(30,31)32)22-6-5-7-24(15-22)39-26-14-20(8-9-21(26)17-33)25(34)16-23-18-35-19-37(23)2/h5-9,14-15,18-19,25H,3-4,10-13,16,34H2,1-2H3/t25-,28-/m0/s1. The van der Waals surface area contributed by atoms with Crippen LogP contribution >= 0.6 is 0 Å². The van der Waals surface area contributed by atoms with Crippen LogP contribution in [0.25, 0.3) is 0 Å². The lowest BCUT2D eigenvalue weighted by Gasteiger charge is -2.35. The van der Waals surface area contributed by atoms with Gasteiger partial charge in [0.25, 0.3) is 0 Å². The van der Waals surface area contributed by atoms with Crippen LogP contribution in [0.2, 0.25) is 0 Å². The highest BCUT2D eigenvalue weighted by Gasteiger charge is 2.45. The molecule has 2 atom stereocenters. The fourth-order valence-corrected chi connectivity index (χ4v) is 5.20. The molecule has 2 aromatic carbocycles. The van der Waals surface area contributed by atoms with E-state index in [9.17, 15) is 23.2 Å². The number of benzene rings is 2. The van der Waals surface area contributed by atoms with Gasteiger partial charge in [0, 0.05) is 51.4 Å². The fourth-order valence-electron chi connectivity index (χ4n) is 5.20. The summed E-state index contributed by atoms with van der Waals surface area (Å²) in [7, 11) is 3.52. The molecule has 1 fully saturated rings. The number of imidazole rings is 1. The molecule has 0 saturated carbocycles. The summed E-state index contributed by atoms with van der Waals surface area (Å²) in [6.07, 6.45) is -0.154. The minimum absolute atomic E-state index is 0.279. The minimum atomic E-state index is -4.39. The molecule has 3 aromatic rings. The number of likely N-dealkylation sites (N-methyl/N-ethyl adjacent to an activating group) is 1. The summed E-state index contributed by atoms with van der Waals surface area (Å²) in [6.45, 7) is 0.500. The van der Waals surface area contributed by atoms with Gasteiger partial charge in [-0.3, -0.25) is 4.79 Å². The van der Waals surface area contributed by atoms with Crippen LogP contribution in [0.1, 0.15) is 60.5 Å². The van der Waals surface area contributed by atoms with Crippen LogP contribution in [0.4, 0.5) is 13.2 Å². The summed E-state index contributed by atoms with van der Waals surface area (Å²) in [4.78, 5) is 19.1. The first kappa shape index (κ1) is 28.2. The van der Waals surface area contributed by atoms with E-state index in [4.69, 9.17) is 10.5 Å². The molecule has 1 amide bonds. The summed E-state index contributed by atoms with van der Waals surface area (Å²) < 4.78 is 48.0. The van der Waals surface area contributed by atoms with Crippen molar-refractivity contribution >= 4 is 5.91 Å². The van der Waals surface area contributed by atoms with E-state index >= 15 is 0 Å². The molecule has 0 aliphatic carbocycles. The molecule has 10 heteroatoms. The van der Waals surface area contributed by atoms with E-state index in [0.29, 0.717) is 37.1 Å². The summed E-state index contributed by atoms with van der Waals surface area (Å²) in [5, 5.41) is 9.68. The topological polar surface area (TPSA) is 97.2 Å². The largest absolute Gasteiger partial charge is 0.456 e. The van der Waals surface area contributed by atoms with Gasteiger partial charge < -0.3 is 19.9 Å². The third-order valence-electron chi connectivity index (χ3n) is 7.45. The average Bonchev–Trinajstić information content (AvgIpc) is 3.24. The molecule has 2 N–H and O–H groups in total. The van der Waals surface area contributed by atoms with Crippen molar-refractivity contribution in [1.29, 1.82) is 5.26 Å². The Kier molecular flexibility index (Phi) is 8.31. The molecule has 0 unspecified atom stereocenters. The van der Waals surface area contributed by atoms with Crippen LogP contribution in [0.5, 0.6) is 11.5 Å². The molecule has 1 aliphatic rings. The molecule has 206 valence electrons. The third kappa shape index (κ3) is 6.42. The number of amides is 1. The Balaban J connectivity index is 1.66. The fraction of sp³-hybridized carbons (Fsp3) is 0.414. The maximum absolute atomic E-state index is 13.5.